The van der Waals surface area contributed by atoms with E-state index in [4.69, 9.17) is 9.15 Å². The van der Waals surface area contributed by atoms with E-state index >= 15 is 0 Å². The first-order valence-corrected chi connectivity index (χ1v) is 20.1. The van der Waals surface area contributed by atoms with Crippen molar-refractivity contribution in [3.63, 3.8) is 0 Å². The molecule has 2 aromatic rings. The van der Waals surface area contributed by atoms with E-state index in [1.807, 2.05) is 0 Å². The summed E-state index contributed by atoms with van der Waals surface area (Å²) >= 11 is 0. The standard InChI is InChI=1S/C44H59FN2O7/c1-24(2)33-28(48)22-44(35(50)37-47-46-36(54-37)25-10-12-26(45)13-11-25)21-20-42(8)27(34(33)44)14-15-30-41(7)18-17-31(53-32(49)23-39(3,4)38(51)52)40(5,6)29(41)16-19-43(30,42)9/h10-13,24,27,29-31,35,50H,14-23H2,1-9H3,(H,51,52)/t27-,29+,30-,31+,35-,41+,42-,43-,44-/m1/s1. The molecule has 0 amide bonds. The van der Waals surface area contributed by atoms with E-state index in [0.717, 1.165) is 56.1 Å². The third-order valence-corrected chi connectivity index (χ3v) is 16.2. The van der Waals surface area contributed by atoms with E-state index < -0.39 is 28.9 Å². The first-order valence-electron chi connectivity index (χ1n) is 20.1. The van der Waals surface area contributed by atoms with Crippen LogP contribution in [0.15, 0.2) is 39.8 Å². The molecule has 1 heterocycles. The second-order valence-electron chi connectivity index (χ2n) is 19.9. The Kier molecular flexibility index (Phi) is 9.22. The van der Waals surface area contributed by atoms with E-state index in [0.29, 0.717) is 23.8 Å². The largest absolute Gasteiger partial charge is 0.481 e. The number of aliphatic carboxylic acids is 1. The first kappa shape index (κ1) is 38.9. The van der Waals surface area contributed by atoms with E-state index in [9.17, 15) is 29.0 Å². The first-order chi connectivity index (χ1) is 25.1. The summed E-state index contributed by atoms with van der Waals surface area (Å²) in [5.74, 6) is -0.592. The van der Waals surface area contributed by atoms with E-state index in [-0.39, 0.29) is 75.8 Å². The molecule has 5 aliphatic carbocycles. The summed E-state index contributed by atoms with van der Waals surface area (Å²) in [5.41, 5.74) is 0.0540. The number of fused-ring (bicyclic) bond motifs is 7. The van der Waals surface area contributed by atoms with E-state index in [2.05, 4.69) is 58.7 Å². The maximum atomic E-state index is 14.1. The molecule has 10 heteroatoms. The monoisotopic (exact) mass is 746 g/mol. The van der Waals surface area contributed by atoms with Gasteiger partial charge in [-0.2, -0.15) is 0 Å². The lowest BCUT2D eigenvalue weighted by Crippen LogP contribution is -2.66. The topological polar surface area (TPSA) is 140 Å². The van der Waals surface area contributed by atoms with Gasteiger partial charge in [-0.3, -0.25) is 14.4 Å². The van der Waals surface area contributed by atoms with Crippen LogP contribution in [0.4, 0.5) is 4.39 Å². The molecule has 4 fully saturated rings. The predicted molar refractivity (Wildman–Crippen MR) is 200 cm³/mol. The summed E-state index contributed by atoms with van der Waals surface area (Å²) in [5, 5.41) is 30.5. The van der Waals surface area contributed by atoms with Crippen molar-refractivity contribution in [3.05, 3.63) is 47.1 Å². The van der Waals surface area contributed by atoms with Crippen LogP contribution in [-0.4, -0.2) is 44.2 Å². The summed E-state index contributed by atoms with van der Waals surface area (Å²) in [4.78, 5) is 39.0. The van der Waals surface area contributed by atoms with Crippen LogP contribution in [0.2, 0.25) is 0 Å². The van der Waals surface area contributed by atoms with Crippen molar-refractivity contribution in [2.24, 2.45) is 56.2 Å². The minimum Gasteiger partial charge on any atom is -0.481 e. The number of nitrogens with zero attached hydrogens (tertiary/aromatic N) is 2. The van der Waals surface area contributed by atoms with Gasteiger partial charge in [-0.15, -0.1) is 10.2 Å². The number of carboxylic acids is 1. The highest BCUT2D eigenvalue weighted by Crippen LogP contribution is 2.77. The van der Waals surface area contributed by atoms with Crippen molar-refractivity contribution in [2.75, 3.05) is 0 Å². The minimum atomic E-state index is -1.19. The molecule has 0 unspecified atom stereocenters. The summed E-state index contributed by atoms with van der Waals surface area (Å²) in [6.07, 6.45) is 5.69. The highest BCUT2D eigenvalue weighted by Gasteiger charge is 2.71. The second kappa shape index (κ2) is 12.8. The van der Waals surface area contributed by atoms with Crippen molar-refractivity contribution in [1.29, 1.82) is 0 Å². The molecule has 7 rings (SSSR count). The van der Waals surface area contributed by atoms with Gasteiger partial charge in [0.1, 0.15) is 18.0 Å². The van der Waals surface area contributed by atoms with E-state index in [1.165, 1.54) is 12.1 Å². The number of halogens is 1. The van der Waals surface area contributed by atoms with Gasteiger partial charge in [0.05, 0.1) is 11.8 Å². The Labute approximate surface area is 318 Å². The van der Waals surface area contributed by atoms with Gasteiger partial charge in [-0.1, -0.05) is 48.5 Å². The molecule has 4 saturated carbocycles. The van der Waals surface area contributed by atoms with Crippen LogP contribution >= 0.6 is 0 Å². The minimum absolute atomic E-state index is 0.0000284. The van der Waals surface area contributed by atoms with Crippen molar-refractivity contribution in [1.82, 2.24) is 10.2 Å². The number of aliphatic hydroxyl groups excluding tert-OH is 1. The Morgan fingerprint density at radius 3 is 2.28 bits per heavy atom. The smallest absolute Gasteiger partial charge is 0.309 e. The van der Waals surface area contributed by atoms with Crippen LogP contribution in [0.3, 0.4) is 0 Å². The number of carbonyl (C=O) groups excluding carboxylic acids is 2. The summed E-state index contributed by atoms with van der Waals surface area (Å²) in [7, 11) is 0. The molecule has 0 saturated heterocycles. The zero-order chi connectivity index (χ0) is 39.4. The van der Waals surface area contributed by atoms with Crippen molar-refractivity contribution < 1.29 is 38.1 Å². The SMILES string of the molecule is CC(C)C1=C2[C@H]3CC[C@@H]4[C@@]5(C)CC[C@H](OC(=O)CC(C)(C)C(=O)O)C(C)(C)[C@@H]5CC[C@@]4(C)[C@]3(C)CC[C@@]2([C@H](O)c2nnc(-c3ccc(F)cc3)o2)CC1=O. The number of ketones is 1. The Balaban J connectivity index is 1.19. The fourth-order valence-electron chi connectivity index (χ4n) is 13.1. The lowest BCUT2D eigenvalue weighted by Gasteiger charge is -2.72. The van der Waals surface area contributed by atoms with Gasteiger partial charge in [0.2, 0.25) is 11.8 Å². The van der Waals surface area contributed by atoms with Crippen molar-refractivity contribution in [2.45, 2.75) is 139 Å². The van der Waals surface area contributed by atoms with Gasteiger partial charge in [0.25, 0.3) is 0 Å². The molecule has 294 valence electrons. The molecule has 0 bridgehead atoms. The number of ether oxygens (including phenoxy) is 1. The number of benzene rings is 1. The van der Waals surface area contributed by atoms with Crippen LogP contribution < -0.4 is 0 Å². The van der Waals surface area contributed by atoms with Crippen LogP contribution in [0, 0.1) is 62.0 Å². The average Bonchev–Trinajstić information content (AvgIpc) is 3.69. The fraction of sp³-hybridized carbons (Fsp3) is 0.705. The Morgan fingerprint density at radius 2 is 1.63 bits per heavy atom. The van der Waals surface area contributed by atoms with Gasteiger partial charge < -0.3 is 19.4 Å². The molecule has 9 nitrogen and oxygen atoms in total. The normalized spacial score (nSPS) is 36.6. The van der Waals surface area contributed by atoms with Crippen LogP contribution in [0.1, 0.15) is 139 Å². The Hall–Kier alpha value is -3.40. The van der Waals surface area contributed by atoms with Crippen LogP contribution in [-0.2, 0) is 19.1 Å². The number of rotatable bonds is 8. The zero-order valence-corrected chi connectivity index (χ0v) is 33.6. The number of hydrogen-bond donors (Lipinski definition) is 2. The van der Waals surface area contributed by atoms with Gasteiger partial charge in [-0.25, -0.2) is 4.39 Å². The zero-order valence-electron chi connectivity index (χ0n) is 33.6. The summed E-state index contributed by atoms with van der Waals surface area (Å²) in [6, 6.07) is 5.81. The third kappa shape index (κ3) is 5.57. The molecule has 0 radical (unpaired) electrons. The number of carboxylic acid groups (broad SMARTS) is 1. The number of allylic oxidation sites excluding steroid dienone is 1. The molecule has 1 aromatic carbocycles. The highest BCUT2D eigenvalue weighted by atomic mass is 19.1. The molecule has 1 aromatic heterocycles. The molecule has 0 spiro atoms. The lowest BCUT2D eigenvalue weighted by atomic mass is 9.33. The molecule has 0 aliphatic heterocycles. The number of aromatic nitrogens is 2. The number of Topliss-reactive ketones (excluding diaryl/α,β-unsaturated/α-hetero) is 1. The highest BCUT2D eigenvalue weighted by molar-refractivity contribution is 6.00. The van der Waals surface area contributed by atoms with Crippen LogP contribution in [0.25, 0.3) is 11.5 Å². The average molecular weight is 747 g/mol. The fourth-order valence-corrected chi connectivity index (χ4v) is 13.1. The van der Waals surface area contributed by atoms with E-state index in [1.54, 1.807) is 26.0 Å². The quantitative estimate of drug-likeness (QED) is 0.253. The molecule has 54 heavy (non-hydrogen) atoms. The molecular formula is C44H59FN2O7. The number of carbonyl (C=O) groups is 3. The molecular weight excluding hydrogens is 687 g/mol. The van der Waals surface area contributed by atoms with Gasteiger partial charge in [0.15, 0.2) is 5.78 Å². The maximum absolute atomic E-state index is 14.1. The number of aliphatic hydroxyl groups is 1. The maximum Gasteiger partial charge on any atom is 0.309 e. The van der Waals surface area contributed by atoms with Crippen LogP contribution in [0.5, 0.6) is 0 Å². The van der Waals surface area contributed by atoms with Crippen molar-refractivity contribution in [3.8, 4) is 11.5 Å². The second-order valence-corrected chi connectivity index (χ2v) is 19.9. The molecule has 9 atom stereocenters. The van der Waals surface area contributed by atoms with Gasteiger partial charge in [-0.05, 0) is 141 Å². The lowest BCUT2D eigenvalue weighted by molar-refractivity contribution is -0.235. The van der Waals surface area contributed by atoms with Gasteiger partial charge >= 0.3 is 11.9 Å². The molecule has 2 N–H and O–H groups in total. The Morgan fingerprint density at radius 1 is 0.944 bits per heavy atom. The van der Waals surface area contributed by atoms with Gasteiger partial charge in [0, 0.05) is 22.8 Å². The predicted octanol–water partition coefficient (Wildman–Crippen LogP) is 9.30. The summed E-state index contributed by atoms with van der Waals surface area (Å²) in [6.45, 7) is 19.2. The Bertz CT molecular complexity index is 1880. The van der Waals surface area contributed by atoms with Crippen molar-refractivity contribution >= 4 is 17.7 Å². The third-order valence-electron chi connectivity index (χ3n) is 16.2. The number of hydrogen-bond acceptors (Lipinski definition) is 8. The molecule has 5 aliphatic rings. The number of esters is 1. The summed E-state index contributed by atoms with van der Waals surface area (Å²) < 4.78 is 25.9.